The molecule has 0 bridgehead atoms. The lowest BCUT2D eigenvalue weighted by Gasteiger charge is -2.00. The van der Waals surface area contributed by atoms with Crippen LogP contribution in [0.3, 0.4) is 0 Å². The van der Waals surface area contributed by atoms with Crippen LogP contribution >= 0.6 is 0 Å². The van der Waals surface area contributed by atoms with Crippen LogP contribution in [0.15, 0.2) is 6.20 Å². The normalized spacial score (nSPS) is 29.0. The summed E-state index contributed by atoms with van der Waals surface area (Å²) in [6, 6.07) is 0. The van der Waals surface area contributed by atoms with Crippen molar-refractivity contribution in [3.63, 3.8) is 0 Å². The maximum absolute atomic E-state index is 5.32. The van der Waals surface area contributed by atoms with E-state index in [9.17, 15) is 0 Å². The first kappa shape index (κ1) is 6.85. The molecule has 1 aliphatic rings. The van der Waals surface area contributed by atoms with Gasteiger partial charge in [-0.3, -0.25) is 4.68 Å². The summed E-state index contributed by atoms with van der Waals surface area (Å²) in [6.45, 7) is 4.94. The number of epoxide rings is 1. The van der Waals surface area contributed by atoms with Gasteiger partial charge in [0.25, 0.3) is 0 Å². The highest BCUT2D eigenvalue weighted by Gasteiger charge is 2.43. The van der Waals surface area contributed by atoms with Gasteiger partial charge in [-0.15, -0.1) is 0 Å². The molecular formula is C8H12N2O. The largest absolute Gasteiger partial charge is 0.365 e. The van der Waals surface area contributed by atoms with Gasteiger partial charge in [0.15, 0.2) is 0 Å². The Morgan fingerprint density at radius 2 is 2.36 bits per heavy atom. The summed E-state index contributed by atoms with van der Waals surface area (Å²) in [4.78, 5) is 0. The summed E-state index contributed by atoms with van der Waals surface area (Å²) in [5.74, 6) is 0. The molecule has 2 heterocycles. The predicted molar refractivity (Wildman–Crippen MR) is 41.2 cm³/mol. The van der Waals surface area contributed by atoms with Gasteiger partial charge in [0.1, 0.15) is 5.60 Å². The summed E-state index contributed by atoms with van der Waals surface area (Å²) in [5.41, 5.74) is 2.27. The number of aromatic nitrogens is 2. The van der Waals surface area contributed by atoms with Gasteiger partial charge in [0, 0.05) is 18.8 Å². The van der Waals surface area contributed by atoms with Gasteiger partial charge >= 0.3 is 0 Å². The Bertz CT molecular complexity index is 286. The molecule has 3 heteroatoms. The van der Waals surface area contributed by atoms with E-state index in [1.807, 2.05) is 24.9 Å². The molecular weight excluding hydrogens is 140 g/mol. The Labute approximate surface area is 66.0 Å². The second-order valence-corrected chi connectivity index (χ2v) is 3.32. The van der Waals surface area contributed by atoms with Gasteiger partial charge in [0.05, 0.1) is 12.3 Å². The number of ether oxygens (including phenoxy) is 1. The fraction of sp³-hybridized carbons (Fsp3) is 0.625. The van der Waals surface area contributed by atoms with Crippen LogP contribution in [-0.2, 0) is 17.4 Å². The Morgan fingerprint density at radius 1 is 1.73 bits per heavy atom. The highest BCUT2D eigenvalue weighted by molar-refractivity contribution is 5.26. The van der Waals surface area contributed by atoms with Crippen molar-refractivity contribution in [1.82, 2.24) is 9.78 Å². The number of nitrogens with zero attached hydrogens (tertiary/aromatic N) is 2. The predicted octanol–water partition coefficient (Wildman–Crippen LogP) is 0.974. The monoisotopic (exact) mass is 152 g/mol. The highest BCUT2D eigenvalue weighted by Crippen LogP contribution is 2.38. The minimum Gasteiger partial charge on any atom is -0.365 e. The molecule has 0 amide bonds. The fourth-order valence-electron chi connectivity index (χ4n) is 1.38. The molecule has 2 rings (SSSR count). The van der Waals surface area contributed by atoms with Crippen molar-refractivity contribution >= 4 is 0 Å². The molecule has 0 N–H and O–H groups in total. The van der Waals surface area contributed by atoms with Crippen molar-refractivity contribution < 1.29 is 4.74 Å². The molecule has 1 saturated heterocycles. The average Bonchev–Trinajstić information content (AvgIpc) is 2.55. The van der Waals surface area contributed by atoms with Crippen LogP contribution < -0.4 is 0 Å². The van der Waals surface area contributed by atoms with Crippen molar-refractivity contribution in [3.8, 4) is 0 Å². The minimum absolute atomic E-state index is 0.0294. The van der Waals surface area contributed by atoms with Crippen LogP contribution in [0.5, 0.6) is 0 Å². The van der Waals surface area contributed by atoms with Crippen LogP contribution in [0.25, 0.3) is 0 Å². The van der Waals surface area contributed by atoms with Crippen LogP contribution in [0.4, 0.5) is 0 Å². The Balaban J connectivity index is 2.44. The zero-order valence-electron chi connectivity index (χ0n) is 7.09. The second kappa shape index (κ2) is 1.85. The van der Waals surface area contributed by atoms with Crippen LogP contribution in [0.1, 0.15) is 18.2 Å². The van der Waals surface area contributed by atoms with Crippen molar-refractivity contribution in [2.45, 2.75) is 19.4 Å². The molecule has 0 radical (unpaired) electrons. The average molecular weight is 152 g/mol. The molecule has 11 heavy (non-hydrogen) atoms. The van der Waals surface area contributed by atoms with Crippen molar-refractivity contribution in [2.75, 3.05) is 6.61 Å². The number of rotatable bonds is 1. The van der Waals surface area contributed by atoms with Gasteiger partial charge in [-0.25, -0.2) is 0 Å². The molecule has 1 aromatic heterocycles. The standard InChI is InChI=1S/C8H12N2O/c1-6-7(4-10(3)9-6)8(2)5-11-8/h4H,5H2,1-3H3. The Morgan fingerprint density at radius 3 is 2.73 bits per heavy atom. The molecule has 3 nitrogen and oxygen atoms in total. The smallest absolute Gasteiger partial charge is 0.117 e. The third-order valence-corrected chi connectivity index (χ3v) is 2.16. The molecule has 0 aliphatic carbocycles. The summed E-state index contributed by atoms with van der Waals surface area (Å²) >= 11 is 0. The van der Waals surface area contributed by atoms with Crippen LogP contribution in [0.2, 0.25) is 0 Å². The zero-order valence-corrected chi connectivity index (χ0v) is 7.09. The topological polar surface area (TPSA) is 30.4 Å². The molecule has 0 saturated carbocycles. The van der Waals surface area contributed by atoms with E-state index in [1.165, 1.54) is 5.56 Å². The summed E-state index contributed by atoms with van der Waals surface area (Å²) < 4.78 is 7.15. The van der Waals surface area contributed by atoms with Gasteiger partial charge < -0.3 is 4.74 Å². The summed E-state index contributed by atoms with van der Waals surface area (Å²) in [7, 11) is 1.93. The summed E-state index contributed by atoms with van der Waals surface area (Å²) in [5, 5.41) is 4.25. The third-order valence-electron chi connectivity index (χ3n) is 2.16. The van der Waals surface area contributed by atoms with Crippen LogP contribution in [-0.4, -0.2) is 16.4 Å². The van der Waals surface area contributed by atoms with E-state index in [0.29, 0.717) is 0 Å². The molecule has 1 unspecified atom stereocenters. The van der Waals surface area contributed by atoms with Crippen molar-refractivity contribution in [1.29, 1.82) is 0 Å². The van der Waals surface area contributed by atoms with E-state index in [1.54, 1.807) is 0 Å². The zero-order chi connectivity index (χ0) is 8.06. The molecule has 1 fully saturated rings. The highest BCUT2D eigenvalue weighted by atomic mass is 16.6. The first-order valence-corrected chi connectivity index (χ1v) is 3.76. The molecule has 1 aromatic rings. The SMILES string of the molecule is Cc1nn(C)cc1C1(C)CO1. The van der Waals surface area contributed by atoms with Gasteiger partial charge in [-0.05, 0) is 13.8 Å². The molecule has 60 valence electrons. The van der Waals surface area contributed by atoms with E-state index < -0.39 is 0 Å². The van der Waals surface area contributed by atoms with Crippen LogP contribution in [0, 0.1) is 6.92 Å². The van der Waals surface area contributed by atoms with E-state index in [4.69, 9.17) is 4.74 Å². The van der Waals surface area contributed by atoms with E-state index in [2.05, 4.69) is 12.0 Å². The first-order valence-electron chi connectivity index (χ1n) is 3.76. The second-order valence-electron chi connectivity index (χ2n) is 3.32. The van der Waals surface area contributed by atoms with Gasteiger partial charge in [-0.1, -0.05) is 0 Å². The number of aryl methyl sites for hydroxylation is 2. The number of hydrogen-bond acceptors (Lipinski definition) is 2. The molecule has 1 aliphatic heterocycles. The minimum atomic E-state index is -0.0294. The fourth-order valence-corrected chi connectivity index (χ4v) is 1.38. The van der Waals surface area contributed by atoms with Crippen molar-refractivity contribution in [2.24, 2.45) is 7.05 Å². The lowest BCUT2D eigenvalue weighted by atomic mass is 10.0. The van der Waals surface area contributed by atoms with Crippen molar-refractivity contribution in [3.05, 3.63) is 17.5 Å². The maximum atomic E-state index is 5.32. The number of hydrogen-bond donors (Lipinski definition) is 0. The lowest BCUT2D eigenvalue weighted by Crippen LogP contribution is -2.01. The van der Waals surface area contributed by atoms with E-state index in [0.717, 1.165) is 12.3 Å². The van der Waals surface area contributed by atoms with E-state index in [-0.39, 0.29) is 5.60 Å². The first-order chi connectivity index (χ1) is 5.12. The molecule has 0 aromatic carbocycles. The maximum Gasteiger partial charge on any atom is 0.117 e. The molecule has 1 atom stereocenters. The molecule has 0 spiro atoms. The third kappa shape index (κ3) is 0.959. The van der Waals surface area contributed by atoms with Gasteiger partial charge in [0.2, 0.25) is 0 Å². The summed E-state index contributed by atoms with van der Waals surface area (Å²) in [6.07, 6.45) is 2.03. The lowest BCUT2D eigenvalue weighted by molar-refractivity contribution is 0.328. The Hall–Kier alpha value is -0.830. The quantitative estimate of drug-likeness (QED) is 0.561. The van der Waals surface area contributed by atoms with E-state index >= 15 is 0 Å². The Kier molecular flexibility index (Phi) is 1.16. The van der Waals surface area contributed by atoms with Gasteiger partial charge in [-0.2, -0.15) is 5.10 Å².